The summed E-state index contributed by atoms with van der Waals surface area (Å²) >= 11 is 0. The molecule has 0 saturated carbocycles. The Morgan fingerprint density at radius 2 is 2.05 bits per heavy atom. The molecular formula is C15H24N2O2. The molecule has 0 spiro atoms. The van der Waals surface area contributed by atoms with Crippen LogP contribution in [0.5, 0.6) is 5.75 Å². The van der Waals surface area contributed by atoms with E-state index in [2.05, 4.69) is 0 Å². The fourth-order valence-corrected chi connectivity index (χ4v) is 1.73. The molecule has 0 radical (unpaired) electrons. The van der Waals surface area contributed by atoms with Gasteiger partial charge < -0.3 is 15.4 Å². The molecule has 0 bridgehead atoms. The number of carbonyl (C=O) groups excluding carboxylic acids is 1. The highest BCUT2D eigenvalue weighted by molar-refractivity contribution is 5.82. The second-order valence-electron chi connectivity index (χ2n) is 5.89. The Kier molecular flexibility index (Phi) is 4.95. The Balaban J connectivity index is 2.73. The van der Waals surface area contributed by atoms with E-state index in [0.717, 1.165) is 11.3 Å². The first-order valence-electron chi connectivity index (χ1n) is 6.39. The zero-order valence-corrected chi connectivity index (χ0v) is 12.4. The molecule has 106 valence electrons. The lowest BCUT2D eigenvalue weighted by atomic mass is 9.86. The van der Waals surface area contributed by atoms with E-state index >= 15 is 0 Å². The van der Waals surface area contributed by atoms with Gasteiger partial charge in [0.15, 0.2) is 0 Å². The van der Waals surface area contributed by atoms with Crippen molar-refractivity contribution < 1.29 is 9.53 Å². The van der Waals surface area contributed by atoms with Crippen LogP contribution in [0.4, 0.5) is 0 Å². The molecule has 0 aromatic heterocycles. The third-order valence-electron chi connectivity index (χ3n) is 3.13. The van der Waals surface area contributed by atoms with E-state index in [4.69, 9.17) is 10.5 Å². The number of carbonyl (C=O) groups is 1. The number of nitrogens with zero attached hydrogens (tertiary/aromatic N) is 1. The first kappa shape index (κ1) is 15.5. The van der Waals surface area contributed by atoms with Crippen molar-refractivity contribution in [1.82, 2.24) is 4.90 Å². The molecular weight excluding hydrogens is 240 g/mol. The minimum absolute atomic E-state index is 0.0460. The molecule has 1 rings (SSSR count). The smallest absolute Gasteiger partial charge is 0.240 e. The lowest BCUT2D eigenvalue weighted by Gasteiger charge is -2.30. The lowest BCUT2D eigenvalue weighted by molar-refractivity contribution is -0.134. The van der Waals surface area contributed by atoms with E-state index in [1.54, 1.807) is 19.1 Å². The van der Waals surface area contributed by atoms with Crippen LogP contribution in [0.2, 0.25) is 0 Å². The molecule has 4 nitrogen and oxygen atoms in total. The van der Waals surface area contributed by atoms with Crippen LogP contribution in [0.3, 0.4) is 0 Å². The number of methoxy groups -OCH3 is 1. The molecule has 0 heterocycles. The number of likely N-dealkylation sites (N-methyl/N-ethyl adjacent to an activating group) is 1. The summed E-state index contributed by atoms with van der Waals surface area (Å²) in [5.41, 5.74) is 6.78. The highest BCUT2D eigenvalue weighted by Crippen LogP contribution is 2.20. The number of amides is 1. The van der Waals surface area contributed by atoms with Gasteiger partial charge in [-0.2, -0.15) is 0 Å². The molecule has 1 amide bonds. The molecule has 0 unspecified atom stereocenters. The van der Waals surface area contributed by atoms with Crippen LogP contribution in [-0.2, 0) is 11.3 Å². The quantitative estimate of drug-likeness (QED) is 0.905. The van der Waals surface area contributed by atoms with Gasteiger partial charge in [-0.25, -0.2) is 0 Å². The van der Waals surface area contributed by atoms with Crippen LogP contribution in [0.1, 0.15) is 26.3 Å². The van der Waals surface area contributed by atoms with Gasteiger partial charge in [-0.3, -0.25) is 4.79 Å². The van der Waals surface area contributed by atoms with Gasteiger partial charge >= 0.3 is 0 Å². The van der Waals surface area contributed by atoms with E-state index in [1.165, 1.54) is 0 Å². The highest BCUT2D eigenvalue weighted by atomic mass is 16.5. The number of hydrogen-bond acceptors (Lipinski definition) is 3. The van der Waals surface area contributed by atoms with Crippen LogP contribution >= 0.6 is 0 Å². The number of nitrogens with two attached hydrogens (primary N) is 1. The van der Waals surface area contributed by atoms with Crippen molar-refractivity contribution in [1.29, 1.82) is 0 Å². The Bertz CT molecular complexity index is 438. The topological polar surface area (TPSA) is 55.6 Å². The lowest BCUT2D eigenvalue weighted by Crippen LogP contribution is -2.48. The summed E-state index contributed by atoms with van der Waals surface area (Å²) in [5, 5.41) is 0. The summed E-state index contributed by atoms with van der Waals surface area (Å²) in [6.45, 7) is 6.43. The Labute approximate surface area is 115 Å². The van der Waals surface area contributed by atoms with Gasteiger partial charge in [-0.05, 0) is 23.1 Å². The van der Waals surface area contributed by atoms with Gasteiger partial charge in [0.1, 0.15) is 5.75 Å². The van der Waals surface area contributed by atoms with Crippen molar-refractivity contribution >= 4 is 5.91 Å². The van der Waals surface area contributed by atoms with Crippen molar-refractivity contribution in [3.8, 4) is 5.75 Å². The average molecular weight is 264 g/mol. The summed E-state index contributed by atoms with van der Waals surface area (Å²) in [4.78, 5) is 13.9. The number of hydrogen-bond donors (Lipinski definition) is 1. The second kappa shape index (κ2) is 6.06. The average Bonchev–Trinajstić information content (AvgIpc) is 2.36. The summed E-state index contributed by atoms with van der Waals surface area (Å²) in [6.07, 6.45) is 0. The first-order chi connectivity index (χ1) is 8.75. The van der Waals surface area contributed by atoms with Crippen molar-refractivity contribution in [2.75, 3.05) is 14.2 Å². The molecule has 0 aliphatic rings. The van der Waals surface area contributed by atoms with Crippen LogP contribution in [0, 0.1) is 5.41 Å². The van der Waals surface area contributed by atoms with Crippen LogP contribution in [0.15, 0.2) is 24.3 Å². The SMILES string of the molecule is COc1cccc(CN(C)C(=O)[C@H](N)C(C)(C)C)c1. The highest BCUT2D eigenvalue weighted by Gasteiger charge is 2.29. The van der Waals surface area contributed by atoms with E-state index in [0.29, 0.717) is 6.54 Å². The Morgan fingerprint density at radius 1 is 1.42 bits per heavy atom. The Morgan fingerprint density at radius 3 is 2.58 bits per heavy atom. The molecule has 0 saturated heterocycles. The minimum atomic E-state index is -0.497. The van der Waals surface area contributed by atoms with Crippen LogP contribution < -0.4 is 10.5 Å². The maximum absolute atomic E-state index is 12.2. The monoisotopic (exact) mass is 264 g/mol. The maximum atomic E-state index is 12.2. The molecule has 1 aromatic rings. The molecule has 1 aromatic carbocycles. The van der Waals surface area contributed by atoms with Gasteiger partial charge in [0.2, 0.25) is 5.91 Å². The summed E-state index contributed by atoms with van der Waals surface area (Å²) in [7, 11) is 3.40. The van der Waals surface area contributed by atoms with Crippen LogP contribution in [-0.4, -0.2) is 31.0 Å². The predicted octanol–water partition coefficient (Wildman–Crippen LogP) is 2.03. The standard InChI is InChI=1S/C15H24N2O2/c1-15(2,3)13(16)14(18)17(4)10-11-7-6-8-12(9-11)19-5/h6-9,13H,10,16H2,1-5H3/t13-/m0/s1. The first-order valence-corrected chi connectivity index (χ1v) is 6.39. The summed E-state index contributed by atoms with van der Waals surface area (Å²) < 4.78 is 5.17. The Hall–Kier alpha value is -1.55. The molecule has 4 heteroatoms. The van der Waals surface area contributed by atoms with E-state index in [-0.39, 0.29) is 11.3 Å². The molecule has 2 N–H and O–H groups in total. The van der Waals surface area contributed by atoms with Gasteiger partial charge in [0.05, 0.1) is 13.2 Å². The van der Waals surface area contributed by atoms with Crippen molar-refractivity contribution in [2.45, 2.75) is 33.4 Å². The predicted molar refractivity (Wildman–Crippen MR) is 76.9 cm³/mol. The molecule has 0 aliphatic carbocycles. The third-order valence-corrected chi connectivity index (χ3v) is 3.13. The van der Waals surface area contributed by atoms with Gasteiger partial charge in [0.25, 0.3) is 0 Å². The fourth-order valence-electron chi connectivity index (χ4n) is 1.73. The molecule has 1 atom stereocenters. The van der Waals surface area contributed by atoms with Gasteiger partial charge in [0, 0.05) is 13.6 Å². The number of rotatable bonds is 4. The number of ether oxygens (including phenoxy) is 1. The molecule has 0 aliphatic heterocycles. The van der Waals surface area contributed by atoms with E-state index in [1.807, 2.05) is 45.0 Å². The normalized spacial score (nSPS) is 12.9. The van der Waals surface area contributed by atoms with E-state index in [9.17, 15) is 4.79 Å². The van der Waals surface area contributed by atoms with Gasteiger partial charge in [-0.15, -0.1) is 0 Å². The third kappa shape index (κ3) is 4.24. The van der Waals surface area contributed by atoms with Crippen molar-refractivity contribution in [3.63, 3.8) is 0 Å². The number of benzene rings is 1. The second-order valence-corrected chi connectivity index (χ2v) is 5.89. The maximum Gasteiger partial charge on any atom is 0.240 e. The van der Waals surface area contributed by atoms with Crippen molar-refractivity contribution in [3.05, 3.63) is 29.8 Å². The van der Waals surface area contributed by atoms with Crippen molar-refractivity contribution in [2.24, 2.45) is 11.1 Å². The largest absolute Gasteiger partial charge is 0.497 e. The summed E-state index contributed by atoms with van der Waals surface area (Å²) in [6, 6.07) is 7.19. The molecule has 19 heavy (non-hydrogen) atoms. The zero-order valence-electron chi connectivity index (χ0n) is 12.4. The van der Waals surface area contributed by atoms with Crippen LogP contribution in [0.25, 0.3) is 0 Å². The summed E-state index contributed by atoms with van der Waals surface area (Å²) in [5.74, 6) is 0.744. The fraction of sp³-hybridized carbons (Fsp3) is 0.533. The molecule has 0 fully saturated rings. The van der Waals surface area contributed by atoms with E-state index < -0.39 is 6.04 Å². The zero-order chi connectivity index (χ0) is 14.6. The minimum Gasteiger partial charge on any atom is -0.497 e. The van der Waals surface area contributed by atoms with Gasteiger partial charge in [-0.1, -0.05) is 32.9 Å².